The van der Waals surface area contributed by atoms with E-state index in [1.54, 1.807) is 0 Å². The zero-order valence-electron chi connectivity index (χ0n) is 18.2. The molecule has 0 bridgehead atoms. The van der Waals surface area contributed by atoms with Crippen molar-refractivity contribution in [2.75, 3.05) is 32.7 Å². The van der Waals surface area contributed by atoms with Gasteiger partial charge in [0, 0.05) is 50.7 Å². The van der Waals surface area contributed by atoms with Gasteiger partial charge in [0.15, 0.2) is 0 Å². The van der Waals surface area contributed by atoms with E-state index in [0.717, 1.165) is 45.3 Å². The van der Waals surface area contributed by atoms with Crippen LogP contribution in [-0.4, -0.2) is 60.0 Å². The van der Waals surface area contributed by atoms with Crippen molar-refractivity contribution >= 4 is 11.9 Å². The molecule has 1 aromatic rings. The highest BCUT2D eigenvalue weighted by Gasteiger charge is 2.32. The van der Waals surface area contributed by atoms with E-state index in [1.807, 2.05) is 4.90 Å². The minimum atomic E-state index is -0.110. The molecule has 2 aliphatic heterocycles. The van der Waals surface area contributed by atoms with Gasteiger partial charge in [0.1, 0.15) is 0 Å². The molecule has 3 amide bonds. The number of piperidine rings is 1. The van der Waals surface area contributed by atoms with Crippen molar-refractivity contribution in [3.05, 3.63) is 35.4 Å². The Hall–Kier alpha value is -2.08. The summed E-state index contributed by atoms with van der Waals surface area (Å²) in [6, 6.07) is 8.62. The van der Waals surface area contributed by atoms with Crippen molar-refractivity contribution < 1.29 is 9.59 Å². The average Bonchev–Trinajstić information content (AvgIpc) is 2.75. The fourth-order valence-electron chi connectivity index (χ4n) is 4.27. The van der Waals surface area contributed by atoms with Crippen LogP contribution in [0.1, 0.15) is 51.2 Å². The lowest BCUT2D eigenvalue weighted by molar-refractivity contribution is -0.126. The van der Waals surface area contributed by atoms with Gasteiger partial charge in [0.2, 0.25) is 5.91 Å². The summed E-state index contributed by atoms with van der Waals surface area (Å²) in [7, 11) is 0. The number of amides is 3. The number of benzene rings is 1. The zero-order valence-corrected chi connectivity index (χ0v) is 18.2. The van der Waals surface area contributed by atoms with Gasteiger partial charge in [0.25, 0.3) is 0 Å². The Labute approximate surface area is 175 Å². The van der Waals surface area contributed by atoms with Crippen LogP contribution < -0.4 is 10.6 Å². The number of hydrogen-bond acceptors (Lipinski definition) is 3. The monoisotopic (exact) mass is 400 g/mol. The largest absolute Gasteiger partial charge is 0.356 e. The Balaban J connectivity index is 1.45. The van der Waals surface area contributed by atoms with Crippen molar-refractivity contribution in [1.29, 1.82) is 0 Å². The Bertz CT molecular complexity index is 711. The Morgan fingerprint density at radius 2 is 1.76 bits per heavy atom. The molecule has 1 fully saturated rings. The number of nitrogens with one attached hydrogen (secondary N) is 2. The summed E-state index contributed by atoms with van der Waals surface area (Å²) in [5.74, 6) is 0.175. The summed E-state index contributed by atoms with van der Waals surface area (Å²) in [5, 5.41) is 6.11. The fraction of sp³-hybridized carbons (Fsp3) is 0.652. The number of nitrogens with zero attached hydrogens (tertiary/aromatic N) is 2. The van der Waals surface area contributed by atoms with Crippen molar-refractivity contribution in [3.8, 4) is 0 Å². The number of fused-ring (bicyclic) bond motifs is 1. The first-order chi connectivity index (χ1) is 13.9. The topological polar surface area (TPSA) is 64.7 Å². The van der Waals surface area contributed by atoms with Crippen molar-refractivity contribution in [1.82, 2.24) is 20.4 Å². The van der Waals surface area contributed by atoms with E-state index in [9.17, 15) is 9.59 Å². The molecule has 3 rings (SSSR count). The minimum absolute atomic E-state index is 0.0112. The number of likely N-dealkylation sites (tertiary alicyclic amines) is 1. The van der Waals surface area contributed by atoms with Crippen LogP contribution in [0.15, 0.2) is 24.3 Å². The van der Waals surface area contributed by atoms with Gasteiger partial charge in [-0.25, -0.2) is 4.79 Å². The van der Waals surface area contributed by atoms with Gasteiger partial charge >= 0.3 is 6.03 Å². The molecule has 0 aromatic heterocycles. The van der Waals surface area contributed by atoms with Crippen LogP contribution in [0.2, 0.25) is 0 Å². The first kappa shape index (κ1) is 21.6. The summed E-state index contributed by atoms with van der Waals surface area (Å²) >= 11 is 0. The maximum Gasteiger partial charge on any atom is 0.317 e. The number of hydrogen-bond donors (Lipinski definition) is 2. The third-order valence-electron chi connectivity index (χ3n) is 6.36. The second-order valence-electron chi connectivity index (χ2n) is 8.96. The molecule has 1 saturated heterocycles. The maximum atomic E-state index is 12.7. The molecule has 2 aliphatic rings. The quantitative estimate of drug-likeness (QED) is 0.772. The van der Waals surface area contributed by atoms with Crippen molar-refractivity contribution in [2.24, 2.45) is 5.92 Å². The third kappa shape index (κ3) is 5.50. The van der Waals surface area contributed by atoms with Gasteiger partial charge < -0.3 is 15.5 Å². The van der Waals surface area contributed by atoms with Gasteiger partial charge in [0.05, 0.1) is 0 Å². The molecule has 160 valence electrons. The second-order valence-corrected chi connectivity index (χ2v) is 8.96. The van der Waals surface area contributed by atoms with Crippen LogP contribution in [0.4, 0.5) is 4.79 Å². The molecule has 6 nitrogen and oxygen atoms in total. The van der Waals surface area contributed by atoms with Gasteiger partial charge in [-0.2, -0.15) is 0 Å². The minimum Gasteiger partial charge on any atom is -0.356 e. The molecule has 2 heterocycles. The Kier molecular flexibility index (Phi) is 7.17. The zero-order chi connectivity index (χ0) is 20.9. The average molecular weight is 401 g/mol. The standard InChI is InChI=1S/C23H36N4O2/c1-4-12-24-21(28)19-9-13-26(14-10-19)22(29)25-17-23(2,3)27-15-11-18-7-5-6-8-20(18)16-27/h5-8,19H,4,9-17H2,1-3H3,(H,24,28)(H,25,29). The number of rotatable bonds is 6. The van der Waals surface area contributed by atoms with Gasteiger partial charge in [-0.3, -0.25) is 9.69 Å². The number of carbonyl (C=O) groups is 2. The first-order valence-corrected chi connectivity index (χ1v) is 11.0. The van der Waals surface area contributed by atoms with Crippen LogP contribution in [0.25, 0.3) is 0 Å². The molecule has 0 aliphatic carbocycles. The predicted molar refractivity (Wildman–Crippen MR) is 116 cm³/mol. The third-order valence-corrected chi connectivity index (χ3v) is 6.36. The van der Waals surface area contributed by atoms with E-state index in [0.29, 0.717) is 19.6 Å². The lowest BCUT2D eigenvalue weighted by Gasteiger charge is -2.42. The van der Waals surface area contributed by atoms with Gasteiger partial charge in [-0.15, -0.1) is 0 Å². The number of urea groups is 1. The summed E-state index contributed by atoms with van der Waals surface area (Å²) in [4.78, 5) is 29.1. The summed E-state index contributed by atoms with van der Waals surface area (Å²) in [6.45, 7) is 11.0. The van der Waals surface area contributed by atoms with E-state index >= 15 is 0 Å². The lowest BCUT2D eigenvalue weighted by Crippen LogP contribution is -2.55. The molecule has 1 aromatic carbocycles. The normalized spacial score (nSPS) is 18.2. The van der Waals surface area contributed by atoms with E-state index in [-0.39, 0.29) is 23.4 Å². The van der Waals surface area contributed by atoms with Crippen molar-refractivity contribution in [3.63, 3.8) is 0 Å². The highest BCUT2D eigenvalue weighted by Crippen LogP contribution is 2.25. The fourth-order valence-corrected chi connectivity index (χ4v) is 4.27. The Morgan fingerprint density at radius 3 is 2.45 bits per heavy atom. The summed E-state index contributed by atoms with van der Waals surface area (Å²) in [5.41, 5.74) is 2.72. The molecule has 29 heavy (non-hydrogen) atoms. The highest BCUT2D eigenvalue weighted by molar-refractivity contribution is 5.79. The van der Waals surface area contributed by atoms with E-state index in [4.69, 9.17) is 0 Å². The highest BCUT2D eigenvalue weighted by atomic mass is 16.2. The van der Waals surface area contributed by atoms with E-state index in [1.165, 1.54) is 11.1 Å². The molecular weight excluding hydrogens is 364 g/mol. The first-order valence-electron chi connectivity index (χ1n) is 11.0. The van der Waals surface area contributed by atoms with Crippen LogP contribution in [0.3, 0.4) is 0 Å². The molecule has 0 spiro atoms. The second kappa shape index (κ2) is 9.61. The molecular formula is C23H36N4O2. The number of carbonyl (C=O) groups excluding carboxylic acids is 2. The molecule has 0 unspecified atom stereocenters. The summed E-state index contributed by atoms with van der Waals surface area (Å²) < 4.78 is 0. The lowest BCUT2D eigenvalue weighted by atomic mass is 9.94. The van der Waals surface area contributed by atoms with Crippen LogP contribution in [-0.2, 0) is 17.8 Å². The van der Waals surface area contributed by atoms with E-state index < -0.39 is 0 Å². The predicted octanol–water partition coefficient (Wildman–Crippen LogP) is 2.77. The summed E-state index contributed by atoms with van der Waals surface area (Å²) in [6.07, 6.45) is 3.50. The van der Waals surface area contributed by atoms with Crippen LogP contribution in [0, 0.1) is 5.92 Å². The maximum absolute atomic E-state index is 12.7. The Morgan fingerprint density at radius 1 is 1.07 bits per heavy atom. The van der Waals surface area contributed by atoms with Crippen molar-refractivity contribution in [2.45, 2.75) is 58.5 Å². The van der Waals surface area contributed by atoms with Crippen LogP contribution >= 0.6 is 0 Å². The molecule has 0 radical (unpaired) electrons. The SMILES string of the molecule is CCCNC(=O)C1CCN(C(=O)NCC(C)(C)N2CCc3ccccc3C2)CC1. The van der Waals surface area contributed by atoms with Gasteiger partial charge in [-0.1, -0.05) is 31.2 Å². The van der Waals surface area contributed by atoms with Crippen LogP contribution in [0.5, 0.6) is 0 Å². The molecule has 0 saturated carbocycles. The molecule has 2 N–H and O–H groups in total. The molecule has 0 atom stereocenters. The smallest absolute Gasteiger partial charge is 0.317 e. The van der Waals surface area contributed by atoms with E-state index in [2.05, 4.69) is 60.6 Å². The molecule has 6 heteroatoms. The van der Waals surface area contributed by atoms with Gasteiger partial charge in [-0.05, 0) is 50.7 Å².